The number of furan rings is 1. The van der Waals surface area contributed by atoms with Crippen molar-refractivity contribution in [3.8, 4) is 11.3 Å². The number of benzene rings is 1. The molecule has 108 valence electrons. The highest BCUT2D eigenvalue weighted by molar-refractivity contribution is 5.58. The summed E-state index contributed by atoms with van der Waals surface area (Å²) >= 11 is 0. The zero-order valence-corrected chi connectivity index (χ0v) is 12.8. The summed E-state index contributed by atoms with van der Waals surface area (Å²) in [6, 6.07) is 13.3. The Kier molecular flexibility index (Phi) is 5.42. The molecule has 1 aromatic heterocycles. The number of hydrogen-bond donors (Lipinski definition) is 1. The average molecular weight is 271 g/mol. The van der Waals surface area contributed by atoms with E-state index < -0.39 is 0 Å². The van der Waals surface area contributed by atoms with Crippen LogP contribution in [0.3, 0.4) is 0 Å². The normalized spacial score (nSPS) is 12.6. The van der Waals surface area contributed by atoms with Crippen LogP contribution in [0.25, 0.3) is 11.3 Å². The predicted molar refractivity (Wildman–Crippen MR) is 85.0 cm³/mol. The lowest BCUT2D eigenvalue weighted by molar-refractivity contribution is 0.481. The molecule has 1 N–H and O–H groups in total. The van der Waals surface area contributed by atoms with Crippen LogP contribution in [0.1, 0.15) is 38.0 Å². The van der Waals surface area contributed by atoms with Crippen LogP contribution in [0, 0.1) is 0 Å². The van der Waals surface area contributed by atoms with Gasteiger partial charge in [0.15, 0.2) is 0 Å². The fourth-order valence-electron chi connectivity index (χ4n) is 2.26. The molecule has 1 unspecified atom stereocenters. The first-order valence-corrected chi connectivity index (χ1v) is 7.58. The average Bonchev–Trinajstić information content (AvgIpc) is 2.94. The third kappa shape index (κ3) is 3.97. The minimum absolute atomic E-state index is 0.436. The van der Waals surface area contributed by atoms with Crippen LogP contribution in [0.15, 0.2) is 40.8 Å². The highest BCUT2D eigenvalue weighted by Crippen LogP contribution is 2.23. The molecule has 0 aliphatic heterocycles. The van der Waals surface area contributed by atoms with E-state index in [1.807, 2.05) is 7.05 Å². The molecule has 2 heteroatoms. The molecule has 2 rings (SSSR count). The minimum atomic E-state index is 0.436. The predicted octanol–water partition coefficient (Wildman–Crippen LogP) is 4.44. The number of aryl methyl sites for hydroxylation is 1. The Balaban J connectivity index is 2.04. The molecule has 0 amide bonds. The van der Waals surface area contributed by atoms with Crippen LogP contribution in [0.4, 0.5) is 0 Å². The van der Waals surface area contributed by atoms with E-state index in [0.717, 1.165) is 23.5 Å². The van der Waals surface area contributed by atoms with Gasteiger partial charge in [-0.05, 0) is 44.5 Å². The first kappa shape index (κ1) is 14.9. The maximum atomic E-state index is 5.92. The van der Waals surface area contributed by atoms with Crippen LogP contribution in [-0.2, 0) is 12.8 Å². The maximum Gasteiger partial charge on any atom is 0.134 e. The summed E-state index contributed by atoms with van der Waals surface area (Å²) in [6.07, 6.45) is 4.59. The summed E-state index contributed by atoms with van der Waals surface area (Å²) in [7, 11) is 1.98. The number of rotatable bonds is 7. The fourth-order valence-corrected chi connectivity index (χ4v) is 2.26. The summed E-state index contributed by atoms with van der Waals surface area (Å²) < 4.78 is 5.92. The zero-order valence-electron chi connectivity index (χ0n) is 12.8. The Morgan fingerprint density at radius 1 is 1.10 bits per heavy atom. The highest BCUT2D eigenvalue weighted by atomic mass is 16.3. The van der Waals surface area contributed by atoms with Crippen molar-refractivity contribution in [3.05, 3.63) is 47.7 Å². The van der Waals surface area contributed by atoms with E-state index in [1.54, 1.807) is 0 Å². The number of likely N-dealkylation sites (N-methyl/N-ethyl adjacent to an activating group) is 1. The van der Waals surface area contributed by atoms with Gasteiger partial charge < -0.3 is 9.73 Å². The quantitative estimate of drug-likeness (QED) is 0.805. The zero-order chi connectivity index (χ0) is 14.4. The van der Waals surface area contributed by atoms with Gasteiger partial charge in [-0.15, -0.1) is 0 Å². The lowest BCUT2D eigenvalue weighted by Crippen LogP contribution is -2.23. The SMILES string of the molecule is CCCCc1ccc(-c2ccc(CC(C)NC)o2)cc1. The monoisotopic (exact) mass is 271 g/mol. The summed E-state index contributed by atoms with van der Waals surface area (Å²) in [4.78, 5) is 0. The van der Waals surface area contributed by atoms with Crippen molar-refractivity contribution < 1.29 is 4.42 Å². The summed E-state index contributed by atoms with van der Waals surface area (Å²) in [5.41, 5.74) is 2.57. The molecular formula is C18H25NO. The van der Waals surface area contributed by atoms with Gasteiger partial charge in [0.1, 0.15) is 11.5 Å². The van der Waals surface area contributed by atoms with E-state index in [1.165, 1.54) is 24.8 Å². The molecule has 0 spiro atoms. The van der Waals surface area contributed by atoms with Crippen LogP contribution in [-0.4, -0.2) is 13.1 Å². The Morgan fingerprint density at radius 2 is 1.85 bits per heavy atom. The Hall–Kier alpha value is -1.54. The van der Waals surface area contributed by atoms with Gasteiger partial charge >= 0.3 is 0 Å². The van der Waals surface area contributed by atoms with Gasteiger partial charge in [0, 0.05) is 18.0 Å². The molecule has 20 heavy (non-hydrogen) atoms. The van der Waals surface area contributed by atoms with Crippen LogP contribution >= 0.6 is 0 Å². The van der Waals surface area contributed by atoms with Crippen molar-refractivity contribution in [2.24, 2.45) is 0 Å². The fraction of sp³-hybridized carbons (Fsp3) is 0.444. The van der Waals surface area contributed by atoms with Gasteiger partial charge in [0.2, 0.25) is 0 Å². The maximum absolute atomic E-state index is 5.92. The first-order chi connectivity index (χ1) is 9.72. The minimum Gasteiger partial charge on any atom is -0.461 e. The van der Waals surface area contributed by atoms with Crippen LogP contribution in [0.2, 0.25) is 0 Å². The van der Waals surface area contributed by atoms with E-state index >= 15 is 0 Å². The van der Waals surface area contributed by atoms with Crippen molar-refractivity contribution in [1.29, 1.82) is 0 Å². The van der Waals surface area contributed by atoms with Crippen molar-refractivity contribution >= 4 is 0 Å². The molecule has 0 aliphatic carbocycles. The second-order valence-corrected chi connectivity index (χ2v) is 5.46. The number of hydrogen-bond acceptors (Lipinski definition) is 2. The molecule has 0 saturated carbocycles. The second kappa shape index (κ2) is 7.30. The lowest BCUT2D eigenvalue weighted by Gasteiger charge is -2.07. The van der Waals surface area contributed by atoms with Crippen LogP contribution < -0.4 is 5.32 Å². The molecule has 0 bridgehead atoms. The molecule has 0 radical (unpaired) electrons. The van der Waals surface area contributed by atoms with E-state index in [4.69, 9.17) is 4.42 Å². The van der Waals surface area contributed by atoms with Crippen LogP contribution in [0.5, 0.6) is 0 Å². The van der Waals surface area contributed by atoms with Gasteiger partial charge in [-0.2, -0.15) is 0 Å². The summed E-state index contributed by atoms with van der Waals surface area (Å²) in [6.45, 7) is 4.38. The standard InChI is InChI=1S/C18H25NO/c1-4-5-6-15-7-9-16(10-8-15)18-12-11-17(20-18)13-14(2)19-3/h7-12,14,19H,4-6,13H2,1-3H3. The molecule has 1 heterocycles. The Bertz CT molecular complexity index is 512. The molecule has 2 nitrogen and oxygen atoms in total. The molecular weight excluding hydrogens is 246 g/mol. The van der Waals surface area contributed by atoms with Crippen molar-refractivity contribution in [2.45, 2.75) is 45.6 Å². The van der Waals surface area contributed by atoms with Gasteiger partial charge in [-0.1, -0.05) is 37.6 Å². The third-order valence-corrected chi connectivity index (χ3v) is 3.72. The van der Waals surface area contributed by atoms with Gasteiger partial charge in [0.25, 0.3) is 0 Å². The first-order valence-electron chi connectivity index (χ1n) is 7.58. The van der Waals surface area contributed by atoms with Crippen molar-refractivity contribution in [2.75, 3.05) is 7.05 Å². The van der Waals surface area contributed by atoms with Gasteiger partial charge in [-0.25, -0.2) is 0 Å². The van der Waals surface area contributed by atoms with Crippen molar-refractivity contribution in [1.82, 2.24) is 5.32 Å². The van der Waals surface area contributed by atoms with E-state index in [0.29, 0.717) is 6.04 Å². The second-order valence-electron chi connectivity index (χ2n) is 5.46. The molecule has 1 atom stereocenters. The van der Waals surface area contributed by atoms with Gasteiger partial charge in [0.05, 0.1) is 0 Å². The Morgan fingerprint density at radius 3 is 2.50 bits per heavy atom. The van der Waals surface area contributed by atoms with Crippen molar-refractivity contribution in [3.63, 3.8) is 0 Å². The summed E-state index contributed by atoms with van der Waals surface area (Å²) in [5.74, 6) is 2.00. The lowest BCUT2D eigenvalue weighted by atomic mass is 10.1. The van der Waals surface area contributed by atoms with Gasteiger partial charge in [-0.3, -0.25) is 0 Å². The highest BCUT2D eigenvalue weighted by Gasteiger charge is 2.07. The van der Waals surface area contributed by atoms with E-state index in [2.05, 4.69) is 55.6 Å². The third-order valence-electron chi connectivity index (χ3n) is 3.72. The smallest absolute Gasteiger partial charge is 0.134 e. The largest absolute Gasteiger partial charge is 0.461 e. The molecule has 0 saturated heterocycles. The van der Waals surface area contributed by atoms with E-state index in [9.17, 15) is 0 Å². The molecule has 2 aromatic rings. The summed E-state index contributed by atoms with van der Waals surface area (Å²) in [5, 5.41) is 3.23. The number of nitrogens with one attached hydrogen (secondary N) is 1. The van der Waals surface area contributed by atoms with E-state index in [-0.39, 0.29) is 0 Å². The molecule has 0 aliphatic rings. The molecule has 1 aromatic carbocycles. The topological polar surface area (TPSA) is 25.2 Å². The number of unbranched alkanes of at least 4 members (excludes halogenated alkanes) is 1. The Labute approximate surface area is 122 Å². The molecule has 0 fully saturated rings.